The van der Waals surface area contributed by atoms with E-state index in [1.54, 1.807) is 4.90 Å². The zero-order valence-corrected chi connectivity index (χ0v) is 13.4. The van der Waals surface area contributed by atoms with Crippen molar-refractivity contribution in [2.24, 2.45) is 11.8 Å². The van der Waals surface area contributed by atoms with Crippen LogP contribution in [0.1, 0.15) is 31.9 Å². The van der Waals surface area contributed by atoms with Gasteiger partial charge in [-0.2, -0.15) is 0 Å². The predicted molar refractivity (Wildman–Crippen MR) is 84.5 cm³/mol. The van der Waals surface area contributed by atoms with E-state index in [1.807, 2.05) is 37.3 Å². The highest BCUT2D eigenvalue weighted by Crippen LogP contribution is 2.28. The molecule has 1 aromatic carbocycles. The van der Waals surface area contributed by atoms with Gasteiger partial charge in [0.05, 0.1) is 17.9 Å². The standard InChI is InChI=1S/C17H22N2O4/c1-11(17(22)23)9-18-16(21)14-8-15(20)19(10-14)12(2)13-6-4-3-5-7-13/h3-7,11-12,14H,8-10H2,1-2H3,(H,18,21)(H,22,23)/t11-,12-,14-/m1/s1. The van der Waals surface area contributed by atoms with Gasteiger partial charge in [0.15, 0.2) is 0 Å². The van der Waals surface area contributed by atoms with Crippen LogP contribution < -0.4 is 5.32 Å². The highest BCUT2D eigenvalue weighted by Gasteiger charge is 2.37. The lowest BCUT2D eigenvalue weighted by atomic mass is 10.1. The lowest BCUT2D eigenvalue weighted by molar-refractivity contribution is -0.141. The van der Waals surface area contributed by atoms with Crippen molar-refractivity contribution in [1.82, 2.24) is 10.2 Å². The van der Waals surface area contributed by atoms with Crippen LogP contribution in [0.3, 0.4) is 0 Å². The Labute approximate surface area is 135 Å². The van der Waals surface area contributed by atoms with Crippen molar-refractivity contribution in [3.63, 3.8) is 0 Å². The van der Waals surface area contributed by atoms with Gasteiger partial charge >= 0.3 is 5.97 Å². The Morgan fingerprint density at radius 1 is 1.30 bits per heavy atom. The van der Waals surface area contributed by atoms with Crippen LogP contribution in [0.2, 0.25) is 0 Å². The number of nitrogens with zero attached hydrogens (tertiary/aromatic N) is 1. The van der Waals surface area contributed by atoms with Crippen LogP contribution in [0.15, 0.2) is 30.3 Å². The molecule has 2 amide bonds. The second-order valence-corrected chi connectivity index (χ2v) is 6.02. The fraction of sp³-hybridized carbons (Fsp3) is 0.471. The zero-order chi connectivity index (χ0) is 17.0. The Kier molecular flexibility index (Phi) is 5.36. The highest BCUT2D eigenvalue weighted by atomic mass is 16.4. The highest BCUT2D eigenvalue weighted by molar-refractivity contribution is 5.89. The average Bonchev–Trinajstić information content (AvgIpc) is 2.94. The molecule has 0 spiro atoms. The number of carboxylic acid groups (broad SMARTS) is 1. The van der Waals surface area contributed by atoms with Crippen molar-refractivity contribution in [1.29, 1.82) is 0 Å². The Morgan fingerprint density at radius 2 is 1.96 bits per heavy atom. The molecule has 3 atom stereocenters. The molecule has 0 aliphatic carbocycles. The number of aliphatic carboxylic acids is 1. The summed E-state index contributed by atoms with van der Waals surface area (Å²) in [6, 6.07) is 9.59. The van der Waals surface area contributed by atoms with Gasteiger partial charge in [0, 0.05) is 19.5 Å². The van der Waals surface area contributed by atoms with E-state index in [1.165, 1.54) is 6.92 Å². The summed E-state index contributed by atoms with van der Waals surface area (Å²) >= 11 is 0. The normalized spacial score (nSPS) is 20.2. The van der Waals surface area contributed by atoms with Crippen molar-refractivity contribution in [3.05, 3.63) is 35.9 Å². The van der Waals surface area contributed by atoms with E-state index >= 15 is 0 Å². The summed E-state index contributed by atoms with van der Waals surface area (Å²) in [5.41, 5.74) is 1.03. The number of nitrogens with one attached hydrogen (secondary N) is 1. The number of hydrogen-bond donors (Lipinski definition) is 2. The maximum absolute atomic E-state index is 12.2. The Balaban J connectivity index is 1.94. The Hall–Kier alpha value is -2.37. The zero-order valence-electron chi connectivity index (χ0n) is 13.4. The fourth-order valence-electron chi connectivity index (χ4n) is 2.68. The molecule has 0 radical (unpaired) electrons. The molecule has 1 fully saturated rings. The van der Waals surface area contributed by atoms with Crippen molar-refractivity contribution in [2.45, 2.75) is 26.3 Å². The van der Waals surface area contributed by atoms with Gasteiger partial charge in [-0.1, -0.05) is 37.3 Å². The van der Waals surface area contributed by atoms with Crippen molar-refractivity contribution < 1.29 is 19.5 Å². The molecule has 1 aliphatic heterocycles. The van der Waals surface area contributed by atoms with Gasteiger partial charge in [0.1, 0.15) is 0 Å². The Morgan fingerprint density at radius 3 is 2.57 bits per heavy atom. The number of carbonyl (C=O) groups is 3. The minimum atomic E-state index is -0.952. The fourth-order valence-corrected chi connectivity index (χ4v) is 2.68. The van der Waals surface area contributed by atoms with Gasteiger partial charge in [0.2, 0.25) is 11.8 Å². The molecule has 124 valence electrons. The predicted octanol–water partition coefficient (Wildman–Crippen LogP) is 1.43. The van der Waals surface area contributed by atoms with E-state index in [2.05, 4.69) is 5.32 Å². The third-order valence-electron chi connectivity index (χ3n) is 4.28. The van der Waals surface area contributed by atoms with E-state index < -0.39 is 17.8 Å². The quantitative estimate of drug-likeness (QED) is 0.831. The SMILES string of the molecule is C[C@H](CNC(=O)[C@@H]1CC(=O)N([C@H](C)c2ccccc2)C1)C(=O)O. The minimum absolute atomic E-state index is 0.0483. The number of carboxylic acids is 1. The largest absolute Gasteiger partial charge is 0.481 e. The van der Waals surface area contributed by atoms with Crippen LogP contribution in [-0.4, -0.2) is 40.9 Å². The summed E-state index contributed by atoms with van der Waals surface area (Å²) in [5.74, 6) is -2.32. The molecule has 6 heteroatoms. The van der Waals surface area contributed by atoms with Crippen LogP contribution in [-0.2, 0) is 14.4 Å². The van der Waals surface area contributed by atoms with Gasteiger partial charge in [-0.25, -0.2) is 0 Å². The van der Waals surface area contributed by atoms with Crippen LogP contribution in [0, 0.1) is 11.8 Å². The van der Waals surface area contributed by atoms with E-state index in [0.29, 0.717) is 6.54 Å². The Bertz CT molecular complexity index is 588. The van der Waals surface area contributed by atoms with E-state index in [9.17, 15) is 14.4 Å². The molecule has 2 rings (SSSR count). The molecule has 2 N–H and O–H groups in total. The lowest BCUT2D eigenvalue weighted by Crippen LogP contribution is -2.37. The molecular weight excluding hydrogens is 296 g/mol. The average molecular weight is 318 g/mol. The van der Waals surface area contributed by atoms with Gasteiger partial charge in [-0.15, -0.1) is 0 Å². The number of hydrogen-bond acceptors (Lipinski definition) is 3. The molecule has 1 heterocycles. The van der Waals surface area contributed by atoms with E-state index in [4.69, 9.17) is 5.11 Å². The van der Waals surface area contributed by atoms with E-state index in [-0.39, 0.29) is 30.8 Å². The molecule has 1 aliphatic rings. The summed E-state index contributed by atoms with van der Waals surface area (Å²) in [7, 11) is 0. The second-order valence-electron chi connectivity index (χ2n) is 6.02. The molecule has 0 saturated carbocycles. The van der Waals surface area contributed by atoms with Crippen molar-refractivity contribution in [2.75, 3.05) is 13.1 Å². The van der Waals surface area contributed by atoms with Crippen LogP contribution >= 0.6 is 0 Å². The maximum atomic E-state index is 12.2. The van der Waals surface area contributed by atoms with Crippen LogP contribution in [0.4, 0.5) is 0 Å². The number of rotatable bonds is 6. The second kappa shape index (κ2) is 7.26. The lowest BCUT2D eigenvalue weighted by Gasteiger charge is -2.25. The summed E-state index contributed by atoms with van der Waals surface area (Å²) < 4.78 is 0. The first-order valence-corrected chi connectivity index (χ1v) is 7.75. The minimum Gasteiger partial charge on any atom is -0.481 e. The molecule has 0 aromatic heterocycles. The van der Waals surface area contributed by atoms with Crippen molar-refractivity contribution >= 4 is 17.8 Å². The molecule has 1 aromatic rings. The molecule has 0 bridgehead atoms. The number of likely N-dealkylation sites (tertiary alicyclic amines) is 1. The molecule has 23 heavy (non-hydrogen) atoms. The first-order valence-electron chi connectivity index (χ1n) is 7.75. The van der Waals surface area contributed by atoms with Gasteiger partial charge in [0.25, 0.3) is 0 Å². The topological polar surface area (TPSA) is 86.7 Å². The summed E-state index contributed by atoms with van der Waals surface area (Å²) in [4.78, 5) is 36.8. The smallest absolute Gasteiger partial charge is 0.308 e. The molecular formula is C17H22N2O4. The van der Waals surface area contributed by atoms with Gasteiger partial charge < -0.3 is 15.3 Å². The number of carbonyl (C=O) groups excluding carboxylic acids is 2. The number of amides is 2. The van der Waals surface area contributed by atoms with Crippen molar-refractivity contribution in [3.8, 4) is 0 Å². The summed E-state index contributed by atoms with van der Waals surface area (Å²) in [6.45, 7) is 3.92. The third-order valence-corrected chi connectivity index (χ3v) is 4.28. The van der Waals surface area contributed by atoms with Crippen LogP contribution in [0.25, 0.3) is 0 Å². The first kappa shape index (κ1) is 17.0. The first-order chi connectivity index (χ1) is 10.9. The van der Waals surface area contributed by atoms with E-state index in [0.717, 1.165) is 5.56 Å². The third kappa shape index (κ3) is 4.09. The summed E-state index contributed by atoms with van der Waals surface area (Å²) in [5, 5.41) is 11.5. The van der Waals surface area contributed by atoms with Crippen LogP contribution in [0.5, 0.6) is 0 Å². The molecule has 0 unspecified atom stereocenters. The monoisotopic (exact) mass is 318 g/mol. The number of benzene rings is 1. The van der Waals surface area contributed by atoms with Gasteiger partial charge in [-0.3, -0.25) is 14.4 Å². The summed E-state index contributed by atoms with van der Waals surface area (Å²) in [6.07, 6.45) is 0.171. The molecule has 1 saturated heterocycles. The molecule has 6 nitrogen and oxygen atoms in total. The van der Waals surface area contributed by atoms with Gasteiger partial charge in [-0.05, 0) is 12.5 Å². The maximum Gasteiger partial charge on any atom is 0.308 e.